The topological polar surface area (TPSA) is 104 Å². The van der Waals surface area contributed by atoms with Gasteiger partial charge < -0.3 is 20.8 Å². The van der Waals surface area contributed by atoms with Crippen LogP contribution in [0.5, 0.6) is 0 Å². The van der Waals surface area contributed by atoms with Crippen LogP contribution in [-0.4, -0.2) is 58.4 Å². The number of aliphatic carboxylic acids is 1. The van der Waals surface area contributed by atoms with Gasteiger partial charge in [-0.1, -0.05) is 6.07 Å². The molecule has 4 N–H and O–H groups in total. The molecule has 9 heteroatoms. The quantitative estimate of drug-likeness (QED) is 0.702. The summed E-state index contributed by atoms with van der Waals surface area (Å²) in [5.74, 6) is -2.68. The van der Waals surface area contributed by atoms with E-state index in [1.807, 2.05) is 11.0 Å². The van der Waals surface area contributed by atoms with Crippen LogP contribution < -0.4 is 5.73 Å². The highest BCUT2D eigenvalue weighted by Gasteiger charge is 2.38. The maximum Gasteiger partial charge on any atom is 0.490 e. The Hall–Kier alpha value is -2.13. The van der Waals surface area contributed by atoms with Crippen LogP contribution in [0.15, 0.2) is 12.1 Å². The maximum atomic E-state index is 12.9. The van der Waals surface area contributed by atoms with Crippen LogP contribution in [0.1, 0.15) is 52.7 Å². The molecule has 0 aromatic heterocycles. The highest BCUT2D eigenvalue weighted by Crippen LogP contribution is 2.31. The number of rotatable bonds is 3. The van der Waals surface area contributed by atoms with Crippen LogP contribution in [0.25, 0.3) is 0 Å². The number of piperidine rings is 1. The Balaban J connectivity index is 0.000000370. The monoisotopic (exact) mass is 416 g/mol. The summed E-state index contributed by atoms with van der Waals surface area (Å²) >= 11 is 0. The summed E-state index contributed by atoms with van der Waals surface area (Å²) in [4.78, 5) is 23.7. The largest absolute Gasteiger partial charge is 0.490 e. The van der Waals surface area contributed by atoms with E-state index in [4.69, 9.17) is 15.6 Å². The number of hydrogen-bond acceptors (Lipinski definition) is 4. The van der Waals surface area contributed by atoms with Gasteiger partial charge in [0.2, 0.25) is 0 Å². The minimum absolute atomic E-state index is 0.0771. The first-order chi connectivity index (χ1) is 13.5. The second-order valence-electron chi connectivity index (χ2n) is 7.64. The normalized spacial score (nSPS) is 21.2. The molecule has 1 amide bonds. The number of hydrogen-bond donors (Lipinski definition) is 3. The zero-order valence-corrected chi connectivity index (χ0v) is 16.4. The minimum atomic E-state index is -5.08. The van der Waals surface area contributed by atoms with E-state index in [0.717, 1.165) is 44.2 Å². The lowest BCUT2D eigenvalue weighted by molar-refractivity contribution is -0.192. The number of fused-ring (bicyclic) bond motifs is 1. The smallest absolute Gasteiger partial charge is 0.475 e. The van der Waals surface area contributed by atoms with E-state index >= 15 is 0 Å². The predicted molar refractivity (Wildman–Crippen MR) is 101 cm³/mol. The molecule has 1 aromatic carbocycles. The summed E-state index contributed by atoms with van der Waals surface area (Å²) < 4.78 is 31.7. The van der Waals surface area contributed by atoms with Crippen molar-refractivity contribution in [3.63, 3.8) is 0 Å². The molecule has 1 heterocycles. The van der Waals surface area contributed by atoms with E-state index in [1.54, 1.807) is 0 Å². The molecular formula is C20H27F3N2O4. The zero-order valence-electron chi connectivity index (χ0n) is 16.4. The molecule has 1 aliphatic heterocycles. The first kappa shape index (κ1) is 23.2. The maximum absolute atomic E-state index is 12.9. The number of aryl methyl sites for hydroxylation is 1. The van der Waals surface area contributed by atoms with Crippen LogP contribution >= 0.6 is 0 Å². The number of nitrogens with zero attached hydrogens (tertiary/aromatic N) is 1. The standard InChI is InChI=1S/C18H26N2O2.C2HF3O2/c1-13-6-7-16(15-5-2-4-14(13)15)17(21)20-11-3-8-18(22,12-20)9-10-19;3-2(4,5)1(6)7/h6-7,22H,2-5,8-12,19H2,1H3;(H,6,7). The predicted octanol–water partition coefficient (Wildman–Crippen LogP) is 2.43. The highest BCUT2D eigenvalue weighted by molar-refractivity contribution is 5.96. The molecule has 1 fully saturated rings. The van der Waals surface area contributed by atoms with Gasteiger partial charge in [-0.15, -0.1) is 0 Å². The van der Waals surface area contributed by atoms with E-state index in [1.165, 1.54) is 16.7 Å². The number of carbonyl (C=O) groups is 2. The number of benzene rings is 1. The summed E-state index contributed by atoms with van der Waals surface area (Å²) in [5, 5.41) is 17.7. The molecule has 1 saturated heterocycles. The molecule has 1 aliphatic carbocycles. The second-order valence-corrected chi connectivity index (χ2v) is 7.64. The van der Waals surface area contributed by atoms with Crippen LogP contribution in [0.3, 0.4) is 0 Å². The lowest BCUT2D eigenvalue weighted by Gasteiger charge is -2.39. The number of likely N-dealkylation sites (tertiary alicyclic amines) is 1. The first-order valence-electron chi connectivity index (χ1n) is 9.62. The number of β-amino-alcohol motifs (C(OH)–C–C–N with tert-alkyl or cyclic N) is 1. The molecule has 1 atom stereocenters. The lowest BCUT2D eigenvalue weighted by Crippen LogP contribution is -2.51. The fraction of sp³-hybridized carbons (Fsp3) is 0.600. The van der Waals surface area contributed by atoms with Gasteiger partial charge in [0, 0.05) is 18.7 Å². The van der Waals surface area contributed by atoms with Gasteiger partial charge >= 0.3 is 12.1 Å². The Bertz CT molecular complexity index is 763. The van der Waals surface area contributed by atoms with Crippen molar-refractivity contribution < 1.29 is 33.0 Å². The molecule has 0 bridgehead atoms. The molecule has 2 aliphatic rings. The molecule has 6 nitrogen and oxygen atoms in total. The van der Waals surface area contributed by atoms with Crippen molar-refractivity contribution in [2.24, 2.45) is 5.73 Å². The Morgan fingerprint density at radius 2 is 1.83 bits per heavy atom. The molecule has 3 rings (SSSR count). The summed E-state index contributed by atoms with van der Waals surface area (Å²) in [6.07, 6.45) is 0.273. The Morgan fingerprint density at radius 1 is 1.21 bits per heavy atom. The minimum Gasteiger partial charge on any atom is -0.475 e. The number of carboxylic acids is 1. The van der Waals surface area contributed by atoms with Crippen LogP contribution in [0, 0.1) is 6.92 Å². The Morgan fingerprint density at radius 3 is 2.41 bits per heavy atom. The average molecular weight is 416 g/mol. The molecule has 1 aromatic rings. The zero-order chi connectivity index (χ0) is 21.8. The van der Waals surface area contributed by atoms with Crippen LogP contribution in [-0.2, 0) is 17.6 Å². The van der Waals surface area contributed by atoms with Gasteiger partial charge in [-0.2, -0.15) is 13.2 Å². The number of amides is 1. The number of aliphatic hydroxyl groups is 1. The summed E-state index contributed by atoms with van der Waals surface area (Å²) in [6, 6.07) is 4.03. The second kappa shape index (κ2) is 9.13. The van der Waals surface area contributed by atoms with Crippen molar-refractivity contribution in [1.29, 1.82) is 0 Å². The molecule has 0 radical (unpaired) electrons. The fourth-order valence-electron chi connectivity index (χ4n) is 4.01. The molecule has 0 saturated carbocycles. The van der Waals surface area contributed by atoms with Crippen molar-refractivity contribution in [3.8, 4) is 0 Å². The van der Waals surface area contributed by atoms with Crippen molar-refractivity contribution in [3.05, 3.63) is 34.4 Å². The third kappa shape index (κ3) is 5.70. The average Bonchev–Trinajstić information content (AvgIpc) is 3.12. The summed E-state index contributed by atoms with van der Waals surface area (Å²) in [5.41, 5.74) is 9.53. The van der Waals surface area contributed by atoms with Crippen molar-refractivity contribution in [2.45, 2.75) is 57.2 Å². The fourth-order valence-corrected chi connectivity index (χ4v) is 4.01. The summed E-state index contributed by atoms with van der Waals surface area (Å²) in [7, 11) is 0. The van der Waals surface area contributed by atoms with Gasteiger partial charge in [0.1, 0.15) is 0 Å². The van der Waals surface area contributed by atoms with Crippen LogP contribution in [0.2, 0.25) is 0 Å². The Kier molecular flexibility index (Phi) is 7.29. The van der Waals surface area contributed by atoms with E-state index < -0.39 is 17.7 Å². The molecule has 0 spiro atoms. The molecule has 1 unspecified atom stereocenters. The van der Waals surface area contributed by atoms with E-state index in [9.17, 15) is 23.1 Å². The van der Waals surface area contributed by atoms with E-state index in [-0.39, 0.29) is 5.91 Å². The highest BCUT2D eigenvalue weighted by atomic mass is 19.4. The van der Waals surface area contributed by atoms with Gasteiger partial charge in [-0.05, 0) is 74.8 Å². The van der Waals surface area contributed by atoms with E-state index in [0.29, 0.717) is 19.5 Å². The SMILES string of the molecule is Cc1ccc(C(=O)N2CCCC(O)(CCN)C2)c2c1CCC2.O=C(O)C(F)(F)F. The third-order valence-corrected chi connectivity index (χ3v) is 5.44. The lowest BCUT2D eigenvalue weighted by atomic mass is 9.89. The number of halogens is 3. The number of carboxylic acid groups (broad SMARTS) is 1. The first-order valence-corrected chi connectivity index (χ1v) is 9.62. The number of nitrogens with two attached hydrogens (primary N) is 1. The van der Waals surface area contributed by atoms with Gasteiger partial charge in [-0.3, -0.25) is 4.79 Å². The van der Waals surface area contributed by atoms with Crippen molar-refractivity contribution in [1.82, 2.24) is 4.90 Å². The van der Waals surface area contributed by atoms with Gasteiger partial charge in [-0.25, -0.2) is 4.79 Å². The summed E-state index contributed by atoms with van der Waals surface area (Å²) in [6.45, 7) is 3.72. The molecule has 162 valence electrons. The third-order valence-electron chi connectivity index (χ3n) is 5.44. The van der Waals surface area contributed by atoms with Crippen LogP contribution in [0.4, 0.5) is 13.2 Å². The Labute approximate surface area is 167 Å². The molecular weight excluding hydrogens is 389 g/mol. The number of carbonyl (C=O) groups excluding carboxylic acids is 1. The van der Waals surface area contributed by atoms with Crippen molar-refractivity contribution in [2.75, 3.05) is 19.6 Å². The van der Waals surface area contributed by atoms with Crippen molar-refractivity contribution >= 4 is 11.9 Å². The van der Waals surface area contributed by atoms with E-state index in [2.05, 4.69) is 13.0 Å². The van der Waals surface area contributed by atoms with Gasteiger partial charge in [0.25, 0.3) is 5.91 Å². The number of alkyl halides is 3. The molecule has 29 heavy (non-hydrogen) atoms. The van der Waals surface area contributed by atoms with Gasteiger partial charge in [0.05, 0.1) is 5.60 Å². The van der Waals surface area contributed by atoms with Gasteiger partial charge in [0.15, 0.2) is 0 Å².